The maximum absolute atomic E-state index is 12.7. The average molecular weight is 1050 g/mol. The minimum Gasteiger partial charge on any atom is -0.459 e. The summed E-state index contributed by atoms with van der Waals surface area (Å²) in [4.78, 5) is 60.3. The molecule has 0 spiro atoms. The van der Waals surface area contributed by atoms with Crippen LogP contribution in [0.15, 0.2) is 0 Å². The molecule has 9 saturated carbocycles. The lowest BCUT2D eigenvalue weighted by molar-refractivity contribution is -0.225. The van der Waals surface area contributed by atoms with Gasteiger partial charge >= 0.3 is 29.8 Å². The topological polar surface area (TPSA) is 170 Å². The summed E-state index contributed by atoms with van der Waals surface area (Å²) in [6.07, 6.45) is 22.4. The summed E-state index contributed by atoms with van der Waals surface area (Å²) in [5, 5.41) is 10.6. The molecule has 0 aromatic heterocycles. The maximum atomic E-state index is 12.7. The highest BCUT2D eigenvalue weighted by atomic mass is 16.7. The van der Waals surface area contributed by atoms with Gasteiger partial charge in [-0.15, -0.1) is 0 Å². The van der Waals surface area contributed by atoms with Crippen LogP contribution in [0.1, 0.15) is 231 Å². The van der Waals surface area contributed by atoms with Crippen LogP contribution in [0.3, 0.4) is 0 Å². The van der Waals surface area contributed by atoms with Crippen molar-refractivity contribution in [2.24, 2.45) is 74.9 Å². The van der Waals surface area contributed by atoms with E-state index >= 15 is 0 Å². The van der Waals surface area contributed by atoms with E-state index in [-0.39, 0.29) is 71.4 Å². The number of esters is 5. The summed E-state index contributed by atoms with van der Waals surface area (Å²) in [5.41, 5.74) is -2.69. The van der Waals surface area contributed by atoms with Crippen LogP contribution in [0.5, 0.6) is 0 Å². The summed E-state index contributed by atoms with van der Waals surface area (Å²) < 4.78 is 39.4. The van der Waals surface area contributed by atoms with E-state index in [1.807, 2.05) is 76.2 Å². The third kappa shape index (κ3) is 11.8. The molecule has 9 aliphatic carbocycles. The smallest absolute Gasteiger partial charge is 0.313 e. The van der Waals surface area contributed by atoms with Gasteiger partial charge in [0.1, 0.15) is 17.3 Å². The fraction of sp³-hybridized carbons (Fsp3) is 0.919. The van der Waals surface area contributed by atoms with Gasteiger partial charge in [-0.3, -0.25) is 24.0 Å². The number of aliphatic hydroxyl groups is 1. The van der Waals surface area contributed by atoms with Crippen molar-refractivity contribution >= 4 is 29.8 Å². The molecule has 12 aliphatic rings. The number of carbonyl (C=O) groups excluding carboxylic acids is 5. The molecule has 0 aromatic carbocycles. The van der Waals surface area contributed by atoms with Crippen molar-refractivity contribution < 1.29 is 62.2 Å². The van der Waals surface area contributed by atoms with Crippen LogP contribution in [-0.2, 0) is 57.1 Å². The van der Waals surface area contributed by atoms with Crippen LogP contribution in [0.2, 0.25) is 0 Å². The zero-order valence-corrected chi connectivity index (χ0v) is 48.7. The van der Waals surface area contributed by atoms with Gasteiger partial charge in [0.05, 0.1) is 45.4 Å². The van der Waals surface area contributed by atoms with Crippen molar-refractivity contribution in [3.63, 3.8) is 0 Å². The predicted molar refractivity (Wildman–Crippen MR) is 283 cm³/mol. The van der Waals surface area contributed by atoms with E-state index in [4.69, 9.17) is 33.2 Å². The molecule has 3 heterocycles. The van der Waals surface area contributed by atoms with Gasteiger partial charge in [-0.05, 0) is 212 Å². The summed E-state index contributed by atoms with van der Waals surface area (Å²) in [7, 11) is 0. The van der Waals surface area contributed by atoms with Gasteiger partial charge in [0, 0.05) is 12.3 Å². The molecule has 1 N–H and O–H groups in total. The molecular weight excluding hydrogens is 953 g/mol. The Morgan fingerprint density at radius 2 is 1.17 bits per heavy atom. The van der Waals surface area contributed by atoms with E-state index in [1.165, 1.54) is 51.4 Å². The second kappa shape index (κ2) is 22.0. The lowest BCUT2D eigenvalue weighted by Gasteiger charge is -2.59. The van der Waals surface area contributed by atoms with E-state index in [0.29, 0.717) is 43.1 Å². The lowest BCUT2D eigenvalue weighted by atomic mass is 9.52. The number of hydrogen-bond donors (Lipinski definition) is 1. The van der Waals surface area contributed by atoms with Crippen molar-refractivity contribution in [1.82, 2.24) is 0 Å². The molecule has 0 radical (unpaired) electrons. The third-order valence-electron chi connectivity index (χ3n) is 21.9. The maximum Gasteiger partial charge on any atom is 0.313 e. The summed E-state index contributed by atoms with van der Waals surface area (Å²) in [6.45, 7) is 25.9. The fourth-order valence-electron chi connectivity index (χ4n) is 16.1. The van der Waals surface area contributed by atoms with Gasteiger partial charge in [0.15, 0.2) is 19.0 Å². The minimum atomic E-state index is -0.555. The molecular formula is C62H100O13. The lowest BCUT2D eigenvalue weighted by Crippen LogP contribution is -2.61. The highest BCUT2D eigenvalue weighted by Crippen LogP contribution is 2.71. The van der Waals surface area contributed by atoms with Crippen molar-refractivity contribution in [2.75, 3.05) is 6.79 Å². The molecule has 0 amide bonds. The van der Waals surface area contributed by atoms with Crippen LogP contribution in [-0.4, -0.2) is 89.1 Å². The normalized spacial score (nSPS) is 39.3. The summed E-state index contributed by atoms with van der Waals surface area (Å²) in [6, 6.07) is 0. The quantitative estimate of drug-likeness (QED) is 0.0712. The molecule has 426 valence electrons. The van der Waals surface area contributed by atoms with Crippen molar-refractivity contribution in [1.29, 1.82) is 0 Å². The first kappa shape index (κ1) is 58.4. The van der Waals surface area contributed by atoms with E-state index in [2.05, 4.69) is 13.8 Å². The second-order valence-corrected chi connectivity index (χ2v) is 28.5. The van der Waals surface area contributed by atoms with Gasteiger partial charge in [0.2, 0.25) is 0 Å². The van der Waals surface area contributed by atoms with E-state index < -0.39 is 34.1 Å². The molecule has 10 bridgehead atoms. The minimum absolute atomic E-state index is 0.0455. The van der Waals surface area contributed by atoms with E-state index in [9.17, 15) is 29.1 Å². The van der Waals surface area contributed by atoms with Crippen LogP contribution in [0.25, 0.3) is 0 Å². The molecule has 75 heavy (non-hydrogen) atoms. The summed E-state index contributed by atoms with van der Waals surface area (Å²) >= 11 is 0. The van der Waals surface area contributed by atoms with Crippen LogP contribution in [0, 0.1) is 74.9 Å². The Balaban J connectivity index is 0.000000134. The standard InChI is InChI=1S/C20H32O2.C16H26O3.C13H18O5.C13H24O3/c1-5-19(3,4)18(21)22-20(6-2)11-14-10-15(20)17-13-8-7-12(9-13)16(14)17;1-4-14(2,3)13(17)19-16-8-11-5-12(9-16)7-15(18,6-11)10-16;1-4-13(2,3)12(15)18-9-7-5-6-8(16-7)10(9)17-11(6)14;1-4-13(2,3)12(14)16-10-15-11-8-6-5-7-9-11/h12-17H,5-11H2,1-4H3;11-12,18H,4-10H2,1-3H3;6-10H,4-5H2,1-3H3;11H,4-10H2,1-3H3. The zero-order valence-electron chi connectivity index (χ0n) is 48.7. The number of hydrogen-bond acceptors (Lipinski definition) is 13. The van der Waals surface area contributed by atoms with Crippen molar-refractivity contribution in [3.05, 3.63) is 0 Å². The monoisotopic (exact) mass is 1050 g/mol. The van der Waals surface area contributed by atoms with Gasteiger partial charge in [-0.2, -0.15) is 0 Å². The number of rotatable bonds is 15. The molecule has 13 heteroatoms. The van der Waals surface area contributed by atoms with Gasteiger partial charge in [0.25, 0.3) is 0 Å². The Morgan fingerprint density at radius 3 is 1.75 bits per heavy atom. The first-order valence-electron chi connectivity index (χ1n) is 30.2. The molecule has 3 aliphatic heterocycles. The number of ether oxygens (including phenoxy) is 7. The van der Waals surface area contributed by atoms with Crippen molar-refractivity contribution in [2.45, 2.75) is 279 Å². The third-order valence-corrected chi connectivity index (χ3v) is 21.9. The fourth-order valence-corrected chi connectivity index (χ4v) is 16.1. The summed E-state index contributed by atoms with van der Waals surface area (Å²) in [5.74, 6) is 5.68. The second-order valence-electron chi connectivity index (χ2n) is 28.5. The van der Waals surface area contributed by atoms with Crippen LogP contribution in [0.4, 0.5) is 0 Å². The Labute approximate surface area is 450 Å². The highest BCUT2D eigenvalue weighted by Gasteiger charge is 2.69. The van der Waals surface area contributed by atoms with Gasteiger partial charge < -0.3 is 38.3 Å². The van der Waals surface area contributed by atoms with Gasteiger partial charge in [-0.1, -0.05) is 53.9 Å². The Hall–Kier alpha value is -2.77. The van der Waals surface area contributed by atoms with Crippen LogP contribution < -0.4 is 0 Å². The number of fused-ring (bicyclic) bond motifs is 10. The highest BCUT2D eigenvalue weighted by molar-refractivity contribution is 5.79. The van der Waals surface area contributed by atoms with Crippen molar-refractivity contribution in [3.8, 4) is 0 Å². The molecule has 12 fully saturated rings. The Bertz CT molecular complexity index is 2050. The Kier molecular flexibility index (Phi) is 17.2. The molecule has 3 saturated heterocycles. The first-order chi connectivity index (χ1) is 35.2. The van der Waals surface area contributed by atoms with Gasteiger partial charge in [-0.25, -0.2) is 0 Å². The molecule has 12 rings (SSSR count). The largest absolute Gasteiger partial charge is 0.459 e. The SMILES string of the molecule is CCC(C)(C)C(=O)OC1(CC)CC2CC1C1C3CCC(C3)C21.CCC(C)(C)C(=O)OC12CC3CC(CC(O)(C3)C1)C2.CCC(C)(C)C(=O)OC1C2CC3C(=O)OC1C3O2.CCC(C)(C)C(=O)OCOC1CCCCC1. The van der Waals surface area contributed by atoms with E-state index in [1.54, 1.807) is 0 Å². The molecule has 14 atom stereocenters. The molecule has 14 unspecified atom stereocenters. The zero-order chi connectivity index (χ0) is 54.7. The Morgan fingerprint density at radius 1 is 0.613 bits per heavy atom. The molecule has 0 aromatic rings. The average Bonchev–Trinajstić information content (AvgIpc) is 4.27. The number of carbonyl (C=O) groups is 5. The first-order valence-corrected chi connectivity index (χ1v) is 30.2. The molecule has 13 nitrogen and oxygen atoms in total. The predicted octanol–water partition coefficient (Wildman–Crippen LogP) is 12.2. The van der Waals surface area contributed by atoms with Crippen LogP contribution >= 0.6 is 0 Å². The van der Waals surface area contributed by atoms with E-state index in [0.717, 1.165) is 100 Å².